The third-order valence-electron chi connectivity index (χ3n) is 5.60. The van der Waals surface area contributed by atoms with E-state index < -0.39 is 0 Å². The van der Waals surface area contributed by atoms with Gasteiger partial charge < -0.3 is 15.4 Å². The minimum Gasteiger partial charge on any atom is -0.385 e. The van der Waals surface area contributed by atoms with Crippen LogP contribution in [-0.4, -0.2) is 39.8 Å². The molecule has 0 heterocycles. The lowest BCUT2D eigenvalue weighted by molar-refractivity contribution is 0.0732. The van der Waals surface area contributed by atoms with Gasteiger partial charge in [-0.15, -0.1) is 0 Å². The molecule has 1 aliphatic rings. The van der Waals surface area contributed by atoms with Gasteiger partial charge in [-0.1, -0.05) is 50.1 Å². The molecular formula is C21H35N3O. The van der Waals surface area contributed by atoms with Gasteiger partial charge in [-0.2, -0.15) is 0 Å². The highest BCUT2D eigenvalue weighted by atomic mass is 16.5. The Balaban J connectivity index is 1.87. The molecular weight excluding hydrogens is 310 g/mol. The molecule has 0 aliphatic heterocycles. The Labute approximate surface area is 153 Å². The standard InChI is InChI=1S/C21H35N3O/c1-17-8-6-9-18(14-17)20(2,3)15-23-19(22-4)24-16-21(10-7-11-21)12-13-25-5/h6,8-9,14H,7,10-13,15-16H2,1-5H3,(H2,22,23,24). The van der Waals surface area contributed by atoms with Gasteiger partial charge in [0, 0.05) is 39.3 Å². The highest BCUT2D eigenvalue weighted by Gasteiger charge is 2.36. The van der Waals surface area contributed by atoms with E-state index in [1.54, 1.807) is 7.11 Å². The molecule has 1 fully saturated rings. The van der Waals surface area contributed by atoms with E-state index in [9.17, 15) is 0 Å². The number of ether oxygens (including phenoxy) is 1. The van der Waals surface area contributed by atoms with Crippen molar-refractivity contribution in [1.29, 1.82) is 0 Å². The summed E-state index contributed by atoms with van der Waals surface area (Å²) in [5, 5.41) is 7.05. The fourth-order valence-electron chi connectivity index (χ4n) is 3.48. The van der Waals surface area contributed by atoms with E-state index in [2.05, 4.69) is 60.7 Å². The lowest BCUT2D eigenvalue weighted by Crippen LogP contribution is -2.49. The van der Waals surface area contributed by atoms with E-state index in [1.165, 1.54) is 30.4 Å². The fourth-order valence-corrected chi connectivity index (χ4v) is 3.48. The van der Waals surface area contributed by atoms with Gasteiger partial charge in [-0.3, -0.25) is 4.99 Å². The van der Waals surface area contributed by atoms with Crippen LogP contribution in [0, 0.1) is 12.3 Å². The first-order chi connectivity index (χ1) is 11.9. The van der Waals surface area contributed by atoms with Gasteiger partial charge in [-0.05, 0) is 37.2 Å². The second-order valence-electron chi connectivity index (χ2n) is 8.13. The fraction of sp³-hybridized carbons (Fsp3) is 0.667. The highest BCUT2D eigenvalue weighted by molar-refractivity contribution is 5.79. The number of hydrogen-bond acceptors (Lipinski definition) is 2. The Morgan fingerprint density at radius 1 is 1.28 bits per heavy atom. The molecule has 25 heavy (non-hydrogen) atoms. The van der Waals surface area contributed by atoms with Crippen molar-refractivity contribution >= 4 is 5.96 Å². The first kappa shape index (κ1) is 19.8. The zero-order valence-corrected chi connectivity index (χ0v) is 16.6. The van der Waals surface area contributed by atoms with E-state index in [1.807, 2.05) is 7.05 Å². The second kappa shape index (κ2) is 8.70. The quantitative estimate of drug-likeness (QED) is 0.558. The van der Waals surface area contributed by atoms with E-state index >= 15 is 0 Å². The second-order valence-corrected chi connectivity index (χ2v) is 8.13. The maximum absolute atomic E-state index is 5.28. The van der Waals surface area contributed by atoms with Gasteiger partial charge in [0.2, 0.25) is 0 Å². The first-order valence-corrected chi connectivity index (χ1v) is 9.41. The van der Waals surface area contributed by atoms with E-state index in [4.69, 9.17) is 4.74 Å². The van der Waals surface area contributed by atoms with Crippen LogP contribution in [0.15, 0.2) is 29.3 Å². The summed E-state index contributed by atoms with van der Waals surface area (Å²) in [5.41, 5.74) is 3.09. The molecule has 0 atom stereocenters. The molecule has 1 aliphatic carbocycles. The van der Waals surface area contributed by atoms with Crippen molar-refractivity contribution in [3.8, 4) is 0 Å². The van der Waals surface area contributed by atoms with Crippen LogP contribution in [0.2, 0.25) is 0 Å². The molecule has 4 heteroatoms. The Hall–Kier alpha value is -1.55. The van der Waals surface area contributed by atoms with Crippen molar-refractivity contribution in [2.75, 3.05) is 33.9 Å². The molecule has 1 saturated carbocycles. The van der Waals surface area contributed by atoms with Crippen LogP contribution in [0.25, 0.3) is 0 Å². The Bertz CT molecular complexity index is 576. The number of guanidine groups is 1. The normalized spacial score (nSPS) is 17.1. The molecule has 0 saturated heterocycles. The minimum atomic E-state index is 0.0495. The summed E-state index contributed by atoms with van der Waals surface area (Å²) in [4.78, 5) is 4.41. The molecule has 0 spiro atoms. The third kappa shape index (κ3) is 5.46. The van der Waals surface area contributed by atoms with Crippen molar-refractivity contribution in [1.82, 2.24) is 10.6 Å². The number of benzene rings is 1. The van der Waals surface area contributed by atoms with Crippen molar-refractivity contribution < 1.29 is 4.74 Å². The van der Waals surface area contributed by atoms with Crippen LogP contribution in [-0.2, 0) is 10.2 Å². The molecule has 0 aromatic heterocycles. The molecule has 0 bridgehead atoms. The number of aliphatic imine (C=N–C) groups is 1. The van der Waals surface area contributed by atoms with Crippen LogP contribution < -0.4 is 10.6 Å². The van der Waals surface area contributed by atoms with Gasteiger partial charge in [-0.25, -0.2) is 0 Å². The average Bonchev–Trinajstić information content (AvgIpc) is 2.56. The zero-order valence-electron chi connectivity index (χ0n) is 16.6. The van der Waals surface area contributed by atoms with Crippen LogP contribution in [0.4, 0.5) is 0 Å². The van der Waals surface area contributed by atoms with Crippen molar-refractivity contribution in [2.24, 2.45) is 10.4 Å². The molecule has 2 N–H and O–H groups in total. The number of methoxy groups -OCH3 is 1. The number of nitrogens with one attached hydrogen (secondary N) is 2. The van der Waals surface area contributed by atoms with Crippen LogP contribution >= 0.6 is 0 Å². The smallest absolute Gasteiger partial charge is 0.191 e. The predicted molar refractivity (Wildman–Crippen MR) is 106 cm³/mol. The summed E-state index contributed by atoms with van der Waals surface area (Å²) >= 11 is 0. The van der Waals surface area contributed by atoms with E-state index in [0.717, 1.165) is 32.1 Å². The predicted octanol–water partition coefficient (Wildman–Crippen LogP) is 3.64. The number of nitrogens with zero attached hydrogens (tertiary/aromatic N) is 1. The third-order valence-corrected chi connectivity index (χ3v) is 5.60. The summed E-state index contributed by atoms with van der Waals surface area (Å²) in [5.74, 6) is 0.893. The lowest BCUT2D eigenvalue weighted by Gasteiger charge is -2.42. The van der Waals surface area contributed by atoms with E-state index in [-0.39, 0.29) is 5.41 Å². The molecule has 0 radical (unpaired) electrons. The van der Waals surface area contributed by atoms with Gasteiger partial charge in [0.25, 0.3) is 0 Å². The van der Waals surface area contributed by atoms with Crippen LogP contribution in [0.1, 0.15) is 50.7 Å². The molecule has 1 aromatic carbocycles. The number of hydrogen-bond donors (Lipinski definition) is 2. The van der Waals surface area contributed by atoms with Crippen LogP contribution in [0.5, 0.6) is 0 Å². The summed E-state index contributed by atoms with van der Waals surface area (Å²) < 4.78 is 5.28. The van der Waals surface area contributed by atoms with Crippen molar-refractivity contribution in [3.63, 3.8) is 0 Å². The zero-order chi connectivity index (χ0) is 18.3. The maximum Gasteiger partial charge on any atom is 0.191 e. The van der Waals surface area contributed by atoms with Gasteiger partial charge in [0.15, 0.2) is 5.96 Å². The van der Waals surface area contributed by atoms with E-state index in [0.29, 0.717) is 5.41 Å². The molecule has 0 amide bonds. The molecule has 140 valence electrons. The summed E-state index contributed by atoms with van der Waals surface area (Å²) in [6, 6.07) is 8.76. The molecule has 0 unspecified atom stereocenters. The Kier molecular flexibility index (Phi) is 6.88. The summed E-state index contributed by atoms with van der Waals surface area (Å²) in [6.45, 7) is 9.35. The van der Waals surface area contributed by atoms with Gasteiger partial charge >= 0.3 is 0 Å². The molecule has 4 nitrogen and oxygen atoms in total. The number of aryl methyl sites for hydroxylation is 1. The first-order valence-electron chi connectivity index (χ1n) is 9.41. The lowest BCUT2D eigenvalue weighted by atomic mass is 9.67. The topological polar surface area (TPSA) is 45.7 Å². The molecule has 2 rings (SSSR count). The highest BCUT2D eigenvalue weighted by Crippen LogP contribution is 2.43. The monoisotopic (exact) mass is 345 g/mol. The number of rotatable bonds is 8. The van der Waals surface area contributed by atoms with Crippen molar-refractivity contribution in [3.05, 3.63) is 35.4 Å². The maximum atomic E-state index is 5.28. The average molecular weight is 346 g/mol. The minimum absolute atomic E-state index is 0.0495. The summed E-state index contributed by atoms with van der Waals surface area (Å²) in [6.07, 6.45) is 5.03. The largest absolute Gasteiger partial charge is 0.385 e. The Morgan fingerprint density at radius 3 is 2.60 bits per heavy atom. The van der Waals surface area contributed by atoms with Gasteiger partial charge in [0.1, 0.15) is 0 Å². The van der Waals surface area contributed by atoms with Crippen LogP contribution in [0.3, 0.4) is 0 Å². The molecule has 1 aromatic rings. The van der Waals surface area contributed by atoms with Crippen molar-refractivity contribution in [2.45, 2.75) is 51.9 Å². The summed E-state index contributed by atoms with van der Waals surface area (Å²) in [7, 11) is 3.63. The Morgan fingerprint density at radius 2 is 2.04 bits per heavy atom. The van der Waals surface area contributed by atoms with Gasteiger partial charge in [0.05, 0.1) is 0 Å². The SMILES string of the molecule is CN=C(NCC1(CCOC)CCC1)NCC(C)(C)c1cccc(C)c1.